The maximum absolute atomic E-state index is 13.1. The SMILES string of the molecule is CCOc1ncccc1CNC(=O)C1c2ccccc2Oc2ccccc21. The fourth-order valence-electron chi connectivity index (χ4n) is 3.30. The Morgan fingerprint density at radius 1 is 1.04 bits per heavy atom. The van der Waals surface area contributed by atoms with Gasteiger partial charge in [0.2, 0.25) is 11.8 Å². The first-order chi connectivity index (χ1) is 13.3. The molecule has 5 heteroatoms. The molecule has 1 aliphatic heterocycles. The summed E-state index contributed by atoms with van der Waals surface area (Å²) < 4.78 is 11.5. The average Bonchev–Trinajstić information content (AvgIpc) is 2.71. The number of rotatable bonds is 5. The van der Waals surface area contributed by atoms with Crippen molar-refractivity contribution in [1.29, 1.82) is 0 Å². The lowest BCUT2D eigenvalue weighted by atomic mass is 9.87. The molecule has 0 aliphatic carbocycles. The van der Waals surface area contributed by atoms with E-state index in [2.05, 4.69) is 10.3 Å². The molecule has 2 heterocycles. The third-order valence-electron chi connectivity index (χ3n) is 4.53. The molecule has 5 nitrogen and oxygen atoms in total. The van der Waals surface area contributed by atoms with Crippen LogP contribution in [0, 0.1) is 0 Å². The van der Waals surface area contributed by atoms with Gasteiger partial charge in [-0.1, -0.05) is 42.5 Å². The van der Waals surface area contributed by atoms with Gasteiger partial charge in [-0.25, -0.2) is 4.98 Å². The fourth-order valence-corrected chi connectivity index (χ4v) is 3.30. The van der Waals surface area contributed by atoms with Gasteiger partial charge in [0.15, 0.2) is 0 Å². The summed E-state index contributed by atoms with van der Waals surface area (Å²) in [6.07, 6.45) is 1.68. The van der Waals surface area contributed by atoms with Crippen molar-refractivity contribution in [3.05, 3.63) is 83.6 Å². The number of fused-ring (bicyclic) bond motifs is 2. The van der Waals surface area contributed by atoms with E-state index in [1.54, 1.807) is 6.20 Å². The van der Waals surface area contributed by atoms with E-state index in [-0.39, 0.29) is 5.91 Å². The second-order valence-corrected chi connectivity index (χ2v) is 6.23. The molecule has 0 saturated carbocycles. The summed E-state index contributed by atoms with van der Waals surface area (Å²) in [4.78, 5) is 17.4. The first-order valence-electron chi connectivity index (χ1n) is 8.98. The summed E-state index contributed by atoms with van der Waals surface area (Å²) in [5.41, 5.74) is 2.58. The minimum atomic E-state index is -0.418. The number of nitrogens with zero attached hydrogens (tertiary/aromatic N) is 1. The molecule has 2 aromatic carbocycles. The van der Waals surface area contributed by atoms with Crippen LogP contribution in [0.15, 0.2) is 66.9 Å². The van der Waals surface area contributed by atoms with Crippen LogP contribution in [-0.4, -0.2) is 17.5 Å². The van der Waals surface area contributed by atoms with Crippen molar-refractivity contribution < 1.29 is 14.3 Å². The van der Waals surface area contributed by atoms with Crippen LogP contribution in [0.2, 0.25) is 0 Å². The molecule has 0 saturated heterocycles. The van der Waals surface area contributed by atoms with Gasteiger partial charge in [0.1, 0.15) is 11.5 Å². The highest BCUT2D eigenvalue weighted by Gasteiger charge is 2.32. The summed E-state index contributed by atoms with van der Waals surface area (Å²) in [5.74, 6) is 1.48. The topological polar surface area (TPSA) is 60.5 Å². The Bertz CT molecular complexity index is 926. The number of carbonyl (C=O) groups is 1. The zero-order valence-corrected chi connectivity index (χ0v) is 15.0. The van der Waals surface area contributed by atoms with E-state index in [4.69, 9.17) is 9.47 Å². The van der Waals surface area contributed by atoms with E-state index in [1.165, 1.54) is 0 Å². The molecule has 0 radical (unpaired) electrons. The molecule has 27 heavy (non-hydrogen) atoms. The molecule has 0 bridgehead atoms. The normalized spacial score (nSPS) is 12.5. The lowest BCUT2D eigenvalue weighted by molar-refractivity contribution is -0.122. The van der Waals surface area contributed by atoms with E-state index >= 15 is 0 Å². The van der Waals surface area contributed by atoms with Crippen molar-refractivity contribution >= 4 is 5.91 Å². The first-order valence-corrected chi connectivity index (χ1v) is 8.98. The second-order valence-electron chi connectivity index (χ2n) is 6.23. The van der Waals surface area contributed by atoms with Gasteiger partial charge in [-0.3, -0.25) is 4.79 Å². The molecule has 0 atom stereocenters. The standard InChI is InChI=1S/C22H20N2O3/c1-2-26-22-15(8-7-13-23-22)14-24-21(25)20-16-9-3-5-11-18(16)27-19-12-6-4-10-17(19)20/h3-13,20H,2,14H2,1H3,(H,24,25). The van der Waals surface area contributed by atoms with Crippen LogP contribution in [0.4, 0.5) is 0 Å². The maximum Gasteiger partial charge on any atom is 0.232 e. The number of ether oxygens (including phenoxy) is 2. The minimum Gasteiger partial charge on any atom is -0.478 e. The number of pyridine rings is 1. The monoisotopic (exact) mass is 360 g/mol. The quantitative estimate of drug-likeness (QED) is 0.746. The highest BCUT2D eigenvalue weighted by atomic mass is 16.5. The zero-order valence-electron chi connectivity index (χ0n) is 15.0. The number of aromatic nitrogens is 1. The van der Waals surface area contributed by atoms with Crippen molar-refractivity contribution in [3.63, 3.8) is 0 Å². The van der Waals surface area contributed by atoms with E-state index in [9.17, 15) is 4.79 Å². The third kappa shape index (κ3) is 3.36. The number of hydrogen-bond acceptors (Lipinski definition) is 4. The molecule has 1 N–H and O–H groups in total. The summed E-state index contributed by atoms with van der Waals surface area (Å²) >= 11 is 0. The van der Waals surface area contributed by atoms with Crippen LogP contribution in [0.1, 0.15) is 29.5 Å². The van der Waals surface area contributed by atoms with Crippen molar-refractivity contribution in [2.24, 2.45) is 0 Å². The maximum atomic E-state index is 13.1. The number of nitrogens with one attached hydrogen (secondary N) is 1. The first kappa shape index (κ1) is 17.1. The van der Waals surface area contributed by atoms with Crippen molar-refractivity contribution in [3.8, 4) is 17.4 Å². The van der Waals surface area contributed by atoms with Gasteiger partial charge < -0.3 is 14.8 Å². The van der Waals surface area contributed by atoms with E-state index < -0.39 is 5.92 Å². The average molecular weight is 360 g/mol. The molecule has 136 valence electrons. The zero-order chi connectivity index (χ0) is 18.6. The molecular formula is C22H20N2O3. The van der Waals surface area contributed by atoms with E-state index in [0.29, 0.717) is 30.5 Å². The van der Waals surface area contributed by atoms with Crippen molar-refractivity contribution in [1.82, 2.24) is 10.3 Å². The predicted molar refractivity (Wildman–Crippen MR) is 102 cm³/mol. The highest BCUT2D eigenvalue weighted by Crippen LogP contribution is 2.43. The van der Waals surface area contributed by atoms with Gasteiger partial charge in [0.25, 0.3) is 0 Å². The fraction of sp³-hybridized carbons (Fsp3) is 0.182. The number of amides is 1. The van der Waals surface area contributed by atoms with Crippen molar-refractivity contribution in [2.75, 3.05) is 6.61 Å². The number of carbonyl (C=O) groups excluding carboxylic acids is 1. The summed E-state index contributed by atoms with van der Waals surface area (Å²) in [7, 11) is 0. The van der Waals surface area contributed by atoms with Crippen LogP contribution >= 0.6 is 0 Å². The molecule has 0 unspecified atom stereocenters. The molecular weight excluding hydrogens is 340 g/mol. The lowest BCUT2D eigenvalue weighted by Gasteiger charge is -2.27. The van der Waals surface area contributed by atoms with Gasteiger partial charge >= 0.3 is 0 Å². The van der Waals surface area contributed by atoms with E-state index in [0.717, 1.165) is 16.7 Å². The van der Waals surface area contributed by atoms with Gasteiger partial charge in [0.05, 0.1) is 12.5 Å². The van der Waals surface area contributed by atoms with Crippen LogP contribution < -0.4 is 14.8 Å². The molecule has 0 fully saturated rings. The van der Waals surface area contributed by atoms with Gasteiger partial charge in [0, 0.05) is 29.4 Å². The van der Waals surface area contributed by atoms with Crippen molar-refractivity contribution in [2.45, 2.75) is 19.4 Å². The summed E-state index contributed by atoms with van der Waals surface area (Å²) in [6.45, 7) is 2.79. The Hall–Kier alpha value is -3.34. The van der Waals surface area contributed by atoms with Gasteiger partial charge in [-0.15, -0.1) is 0 Å². The Morgan fingerprint density at radius 3 is 2.37 bits per heavy atom. The van der Waals surface area contributed by atoms with Gasteiger partial charge in [-0.2, -0.15) is 0 Å². The number of benzene rings is 2. The Kier molecular flexibility index (Phi) is 4.75. The van der Waals surface area contributed by atoms with Crippen LogP contribution in [0.3, 0.4) is 0 Å². The highest BCUT2D eigenvalue weighted by molar-refractivity contribution is 5.89. The van der Waals surface area contributed by atoms with Crippen LogP contribution in [-0.2, 0) is 11.3 Å². The molecule has 3 aromatic rings. The number of hydrogen-bond donors (Lipinski definition) is 1. The second kappa shape index (κ2) is 7.50. The third-order valence-corrected chi connectivity index (χ3v) is 4.53. The largest absolute Gasteiger partial charge is 0.478 e. The lowest BCUT2D eigenvalue weighted by Crippen LogP contribution is -2.31. The van der Waals surface area contributed by atoms with Crippen LogP contribution in [0.5, 0.6) is 17.4 Å². The van der Waals surface area contributed by atoms with Crippen LogP contribution in [0.25, 0.3) is 0 Å². The summed E-state index contributed by atoms with van der Waals surface area (Å²) in [5, 5.41) is 3.03. The molecule has 1 amide bonds. The molecule has 1 aromatic heterocycles. The molecule has 0 spiro atoms. The Morgan fingerprint density at radius 2 is 1.70 bits per heavy atom. The van der Waals surface area contributed by atoms with Gasteiger partial charge in [-0.05, 0) is 25.1 Å². The predicted octanol–water partition coefficient (Wildman–Crippen LogP) is 4.03. The molecule has 1 aliphatic rings. The Labute approximate surface area is 158 Å². The number of para-hydroxylation sites is 2. The van der Waals surface area contributed by atoms with E-state index in [1.807, 2.05) is 67.6 Å². The molecule has 4 rings (SSSR count). The summed E-state index contributed by atoms with van der Waals surface area (Å²) in [6, 6.07) is 19.1. The minimum absolute atomic E-state index is 0.0792. The Balaban J connectivity index is 1.61. The smallest absolute Gasteiger partial charge is 0.232 e.